The monoisotopic (exact) mass is 207 g/mol. The molecule has 0 spiro atoms. The van der Waals surface area contributed by atoms with Crippen LogP contribution in [0.15, 0.2) is 11.6 Å². The van der Waals surface area contributed by atoms with Crippen LogP contribution in [0.4, 0.5) is 0 Å². The van der Waals surface area contributed by atoms with Gasteiger partial charge in [-0.1, -0.05) is 5.57 Å². The number of phosphoric acid groups is 1. The molecule has 13 heavy (non-hydrogen) atoms. The topological polar surface area (TPSA) is 113 Å². The molecule has 0 N–H and O–H groups in total. The minimum atomic E-state index is -4.95. The van der Waals surface area contributed by atoms with Crippen LogP contribution in [-0.4, -0.2) is 12.6 Å². The predicted octanol–water partition coefficient (Wildman–Crippen LogP) is -2.08. The van der Waals surface area contributed by atoms with Crippen LogP contribution in [0.2, 0.25) is 0 Å². The Hall–Kier alpha value is -0.680. The first-order chi connectivity index (χ1) is 5.81. The van der Waals surface area contributed by atoms with Gasteiger partial charge in [-0.2, -0.15) is 0 Å². The molecule has 0 aliphatic carbocycles. The number of carboxylic acids is 1. The summed E-state index contributed by atoms with van der Waals surface area (Å²) in [6, 6.07) is 0. The molecule has 0 unspecified atom stereocenters. The van der Waals surface area contributed by atoms with Crippen LogP contribution in [0.25, 0.3) is 0 Å². The Kier molecular flexibility index (Phi) is 4.87. The summed E-state index contributed by atoms with van der Waals surface area (Å²) in [7, 11) is -4.95. The first-order valence-corrected chi connectivity index (χ1v) is 4.82. The zero-order chi connectivity index (χ0) is 10.5. The lowest BCUT2D eigenvalue weighted by atomic mass is 10.2. The van der Waals surface area contributed by atoms with Crippen molar-refractivity contribution in [2.24, 2.45) is 0 Å². The molecule has 0 bridgehead atoms. The zero-order valence-corrected chi connectivity index (χ0v) is 7.78. The molecule has 0 aliphatic heterocycles. The van der Waals surface area contributed by atoms with E-state index < -0.39 is 13.8 Å². The molecule has 0 heterocycles. The van der Waals surface area contributed by atoms with E-state index in [4.69, 9.17) is 0 Å². The highest BCUT2D eigenvalue weighted by Gasteiger charge is 1.93. The number of carbonyl (C=O) groups is 1. The zero-order valence-electron chi connectivity index (χ0n) is 6.89. The molecule has 0 saturated carbocycles. The van der Waals surface area contributed by atoms with E-state index in [1.807, 2.05) is 0 Å². The maximum absolute atomic E-state index is 9.96. The highest BCUT2D eigenvalue weighted by Crippen LogP contribution is 2.24. The first-order valence-electron chi connectivity index (χ1n) is 3.36. The van der Waals surface area contributed by atoms with Gasteiger partial charge in [0.15, 0.2) is 0 Å². The Morgan fingerprint density at radius 3 is 2.46 bits per heavy atom. The largest absolute Gasteiger partial charge is 0.790 e. The average molecular weight is 207 g/mol. The fourth-order valence-electron chi connectivity index (χ4n) is 0.592. The lowest BCUT2D eigenvalue weighted by Gasteiger charge is -2.28. The third kappa shape index (κ3) is 9.23. The van der Waals surface area contributed by atoms with Crippen molar-refractivity contribution in [3.8, 4) is 0 Å². The molecule has 7 heteroatoms. The van der Waals surface area contributed by atoms with Crippen LogP contribution in [0.3, 0.4) is 0 Å². The highest BCUT2D eigenvalue weighted by molar-refractivity contribution is 7.43. The Bertz CT molecular complexity index is 252. The molecule has 0 saturated heterocycles. The number of aliphatic carboxylic acids is 1. The van der Waals surface area contributed by atoms with E-state index in [9.17, 15) is 24.3 Å². The number of hydrogen-bond donors (Lipinski definition) is 0. The van der Waals surface area contributed by atoms with Gasteiger partial charge in [0.05, 0.1) is 20.4 Å². The van der Waals surface area contributed by atoms with Gasteiger partial charge in [-0.15, -0.1) is 0 Å². The van der Waals surface area contributed by atoms with Gasteiger partial charge >= 0.3 is 0 Å². The van der Waals surface area contributed by atoms with Gasteiger partial charge in [-0.25, -0.2) is 0 Å². The van der Waals surface area contributed by atoms with Crippen molar-refractivity contribution in [3.05, 3.63) is 11.6 Å². The molecule has 0 aromatic heterocycles. The molecule has 0 aromatic carbocycles. The fourth-order valence-corrected chi connectivity index (χ4v) is 0.907. The molecule has 0 amide bonds. The minimum absolute atomic E-state index is 0.0580. The van der Waals surface area contributed by atoms with Crippen LogP contribution >= 0.6 is 7.82 Å². The van der Waals surface area contributed by atoms with Gasteiger partial charge in [0.25, 0.3) is 0 Å². The van der Waals surface area contributed by atoms with Crippen molar-refractivity contribution >= 4 is 13.8 Å². The molecule has 0 rings (SSSR count). The van der Waals surface area contributed by atoms with Crippen LogP contribution in [0, 0.1) is 0 Å². The summed E-state index contributed by atoms with van der Waals surface area (Å²) in [4.78, 5) is 29.8. The summed E-state index contributed by atoms with van der Waals surface area (Å²) in [6.45, 7) is 1.11. The van der Waals surface area contributed by atoms with Crippen LogP contribution < -0.4 is 14.9 Å². The molecule has 0 atom stereocenters. The Labute approximate surface area is 75.1 Å². The molecule has 0 aromatic rings. The maximum atomic E-state index is 9.96. The van der Waals surface area contributed by atoms with Gasteiger partial charge in [0.2, 0.25) is 0 Å². The first kappa shape index (κ1) is 12.3. The number of phosphoric ester groups is 1. The van der Waals surface area contributed by atoms with Crippen molar-refractivity contribution in [1.29, 1.82) is 0 Å². The van der Waals surface area contributed by atoms with E-state index in [-0.39, 0.29) is 13.0 Å². The molecule has 0 aliphatic rings. The predicted molar refractivity (Wildman–Crippen MR) is 36.9 cm³/mol. The van der Waals surface area contributed by atoms with Gasteiger partial charge in [0.1, 0.15) is 0 Å². The van der Waals surface area contributed by atoms with Gasteiger partial charge in [-0.05, 0) is 19.4 Å². The van der Waals surface area contributed by atoms with E-state index in [2.05, 4.69) is 4.52 Å². The summed E-state index contributed by atoms with van der Waals surface area (Å²) < 4.78 is 13.8. The standard InChI is InChI=1S/C6H11O6P/c1-5(4-6(7)8)2-3-12-13(9,10)11/h4H,2-3H2,1H3,(H,7,8)(H2,9,10,11)/p-3/b5-4+. The Morgan fingerprint density at radius 2 is 2.08 bits per heavy atom. The third-order valence-corrected chi connectivity index (χ3v) is 1.61. The molecule has 6 nitrogen and oxygen atoms in total. The molecule has 76 valence electrons. The Balaban J connectivity index is 3.78. The second kappa shape index (κ2) is 5.14. The van der Waals surface area contributed by atoms with Crippen molar-refractivity contribution < 1.29 is 28.8 Å². The molecule has 0 radical (unpaired) electrons. The van der Waals surface area contributed by atoms with E-state index in [1.165, 1.54) is 6.92 Å². The second-order valence-corrected chi connectivity index (χ2v) is 3.49. The number of carboxylic acid groups (broad SMARTS) is 1. The normalized spacial score (nSPS) is 13.0. The summed E-state index contributed by atoms with van der Waals surface area (Å²) in [6.07, 6.45) is 0.867. The van der Waals surface area contributed by atoms with Gasteiger partial charge in [-0.3, -0.25) is 0 Å². The SMILES string of the molecule is C/C(=C\C(=O)[O-])CCOP(=O)([O-])[O-]. The molecule has 0 fully saturated rings. The third-order valence-electron chi connectivity index (χ3n) is 1.11. The summed E-state index contributed by atoms with van der Waals surface area (Å²) in [5.74, 6) is -1.37. The van der Waals surface area contributed by atoms with E-state index >= 15 is 0 Å². The summed E-state index contributed by atoms with van der Waals surface area (Å²) in [5, 5.41) is 9.96. The second-order valence-electron chi connectivity index (χ2n) is 2.34. The van der Waals surface area contributed by atoms with E-state index in [0.29, 0.717) is 5.57 Å². The fraction of sp³-hybridized carbons (Fsp3) is 0.500. The molecular formula is C6H8O6P-3. The number of hydrogen-bond acceptors (Lipinski definition) is 6. The summed E-state index contributed by atoms with van der Waals surface area (Å²) in [5.41, 5.74) is 0.369. The lowest BCUT2D eigenvalue weighted by Crippen LogP contribution is -2.20. The van der Waals surface area contributed by atoms with E-state index in [1.54, 1.807) is 0 Å². The maximum Gasteiger partial charge on any atom is 0.0642 e. The quantitative estimate of drug-likeness (QED) is 0.377. The highest BCUT2D eigenvalue weighted by atomic mass is 31.2. The van der Waals surface area contributed by atoms with Gasteiger partial charge in [0, 0.05) is 0 Å². The van der Waals surface area contributed by atoms with E-state index in [0.717, 1.165) is 6.08 Å². The van der Waals surface area contributed by atoms with Gasteiger partial charge < -0.3 is 28.8 Å². The van der Waals surface area contributed by atoms with Crippen LogP contribution in [-0.2, 0) is 13.9 Å². The van der Waals surface area contributed by atoms with Crippen molar-refractivity contribution in [3.63, 3.8) is 0 Å². The van der Waals surface area contributed by atoms with Crippen molar-refractivity contribution in [2.45, 2.75) is 13.3 Å². The summed E-state index contributed by atoms with van der Waals surface area (Å²) >= 11 is 0. The number of rotatable bonds is 5. The lowest BCUT2D eigenvalue weighted by molar-refractivity contribution is -0.341. The van der Waals surface area contributed by atoms with Crippen molar-refractivity contribution in [2.75, 3.05) is 6.61 Å². The van der Waals surface area contributed by atoms with Crippen molar-refractivity contribution in [1.82, 2.24) is 0 Å². The minimum Gasteiger partial charge on any atom is -0.790 e. The van der Waals surface area contributed by atoms with Crippen LogP contribution in [0.5, 0.6) is 0 Å². The Morgan fingerprint density at radius 1 is 1.54 bits per heavy atom. The number of carbonyl (C=O) groups excluding carboxylic acids is 1. The smallest absolute Gasteiger partial charge is 0.0642 e. The average Bonchev–Trinajstić information content (AvgIpc) is 1.81. The van der Waals surface area contributed by atoms with Crippen LogP contribution in [0.1, 0.15) is 13.3 Å². The molecular weight excluding hydrogens is 199 g/mol.